The van der Waals surface area contributed by atoms with Crippen molar-refractivity contribution < 1.29 is 4.79 Å². The summed E-state index contributed by atoms with van der Waals surface area (Å²) in [6.07, 6.45) is 4.27. The smallest absolute Gasteiger partial charge is 0.255 e. The van der Waals surface area contributed by atoms with Crippen molar-refractivity contribution in [2.24, 2.45) is 5.73 Å². The number of nitrogens with one attached hydrogen (secondary N) is 2. The van der Waals surface area contributed by atoms with Crippen molar-refractivity contribution in [3.63, 3.8) is 0 Å². The minimum atomic E-state index is -0.295. The van der Waals surface area contributed by atoms with Gasteiger partial charge in [0.1, 0.15) is 5.82 Å². The van der Waals surface area contributed by atoms with E-state index in [1.54, 1.807) is 12.4 Å². The normalized spacial score (nSPS) is 19.3. The molecule has 0 spiro atoms. The van der Waals surface area contributed by atoms with Crippen LogP contribution in [-0.4, -0.2) is 45.5 Å². The molecule has 0 bridgehead atoms. The van der Waals surface area contributed by atoms with Gasteiger partial charge in [-0.05, 0) is 45.7 Å². The first-order valence-electron chi connectivity index (χ1n) is 10.0. The Morgan fingerprint density at radius 2 is 2.14 bits per heavy atom. The van der Waals surface area contributed by atoms with Crippen molar-refractivity contribution in [2.75, 3.05) is 18.0 Å². The molecule has 0 aliphatic carbocycles. The van der Waals surface area contributed by atoms with Gasteiger partial charge in [-0.2, -0.15) is 0 Å². The number of anilines is 1. The Balaban J connectivity index is 1.88. The first kappa shape index (κ1) is 19.4. The molecule has 0 radical (unpaired) electrons. The third kappa shape index (κ3) is 3.70. The van der Waals surface area contributed by atoms with E-state index in [0.29, 0.717) is 17.9 Å². The number of aryl methyl sites for hydroxylation is 1. The number of para-hydroxylation sites is 1. The highest BCUT2D eigenvalue weighted by Gasteiger charge is 2.34. The Morgan fingerprint density at radius 3 is 2.79 bits per heavy atom. The van der Waals surface area contributed by atoms with E-state index in [1.165, 1.54) is 0 Å². The largest absolute Gasteiger partial charge is 0.368 e. The molecule has 7 nitrogen and oxygen atoms in total. The van der Waals surface area contributed by atoms with Gasteiger partial charge >= 0.3 is 0 Å². The zero-order valence-corrected chi connectivity index (χ0v) is 17.4. The van der Waals surface area contributed by atoms with Crippen molar-refractivity contribution in [3.05, 3.63) is 41.7 Å². The molecule has 152 valence electrons. The van der Waals surface area contributed by atoms with Crippen LogP contribution in [0.25, 0.3) is 22.4 Å². The van der Waals surface area contributed by atoms with Crippen LogP contribution < -0.4 is 16.0 Å². The van der Waals surface area contributed by atoms with E-state index in [1.807, 2.05) is 45.9 Å². The number of hydrogen-bond donors (Lipinski definition) is 3. The lowest BCUT2D eigenvalue weighted by molar-refractivity contribution is 0.0943. The van der Waals surface area contributed by atoms with Crippen LogP contribution in [0, 0.1) is 6.92 Å². The van der Waals surface area contributed by atoms with E-state index in [9.17, 15) is 4.79 Å². The summed E-state index contributed by atoms with van der Waals surface area (Å²) in [4.78, 5) is 27.8. The number of hydrogen-bond acceptors (Lipinski definition) is 5. The molecule has 1 aliphatic heterocycles. The first-order chi connectivity index (χ1) is 13.7. The Bertz CT molecular complexity index is 1070. The summed E-state index contributed by atoms with van der Waals surface area (Å²) in [6, 6.07) is 6.09. The number of amides is 1. The van der Waals surface area contributed by atoms with Crippen LogP contribution >= 0.6 is 0 Å². The first-order valence-corrected chi connectivity index (χ1v) is 10.0. The van der Waals surface area contributed by atoms with Gasteiger partial charge in [0.05, 0.1) is 27.8 Å². The number of aromatic amines is 1. The lowest BCUT2D eigenvalue weighted by Crippen LogP contribution is -2.40. The third-order valence-corrected chi connectivity index (χ3v) is 5.37. The molecule has 1 aromatic carbocycles. The average Bonchev–Trinajstić information content (AvgIpc) is 3.24. The maximum atomic E-state index is 13.0. The van der Waals surface area contributed by atoms with Crippen LogP contribution in [0.4, 0.5) is 5.69 Å². The number of imidazole rings is 1. The van der Waals surface area contributed by atoms with E-state index in [4.69, 9.17) is 10.7 Å². The highest BCUT2D eigenvalue weighted by molar-refractivity contribution is 6.03. The number of fused-ring (bicyclic) bond motifs is 1. The van der Waals surface area contributed by atoms with Crippen LogP contribution in [0.15, 0.2) is 30.6 Å². The number of benzene rings is 1. The Labute approximate surface area is 170 Å². The molecule has 4 rings (SSSR count). The molecule has 1 aliphatic rings. The van der Waals surface area contributed by atoms with Crippen molar-refractivity contribution in [2.45, 2.75) is 45.7 Å². The molecule has 29 heavy (non-hydrogen) atoms. The number of H-pyrrole nitrogens is 1. The van der Waals surface area contributed by atoms with Gasteiger partial charge in [-0.25, -0.2) is 4.98 Å². The summed E-state index contributed by atoms with van der Waals surface area (Å²) in [5.41, 5.74) is 11.3. The van der Waals surface area contributed by atoms with E-state index in [-0.39, 0.29) is 17.5 Å². The minimum absolute atomic E-state index is 0.0335. The predicted octanol–water partition coefficient (Wildman–Crippen LogP) is 3.00. The summed E-state index contributed by atoms with van der Waals surface area (Å²) >= 11 is 0. The second-order valence-corrected chi connectivity index (χ2v) is 8.59. The summed E-state index contributed by atoms with van der Waals surface area (Å²) in [5.74, 6) is 0.573. The van der Waals surface area contributed by atoms with E-state index in [2.05, 4.69) is 20.2 Å². The average molecular weight is 393 g/mol. The van der Waals surface area contributed by atoms with Crippen molar-refractivity contribution in [3.8, 4) is 11.4 Å². The maximum Gasteiger partial charge on any atom is 0.255 e. The van der Waals surface area contributed by atoms with Gasteiger partial charge in [0.25, 0.3) is 5.91 Å². The fourth-order valence-electron chi connectivity index (χ4n) is 3.95. The highest BCUT2D eigenvalue weighted by Crippen LogP contribution is 2.36. The van der Waals surface area contributed by atoms with Gasteiger partial charge in [-0.15, -0.1) is 0 Å². The van der Waals surface area contributed by atoms with Crippen LogP contribution in [0.3, 0.4) is 0 Å². The standard InChI is InChI=1S/C22H28N6O/c1-13(2)25-21(29)16-11-24-10-15(19(16)28-9-8-22(4,23)12-28)20-26-17-7-5-6-14(3)18(17)27-20/h5-7,10-11,13H,8-9,12,23H2,1-4H3,(H,25,29)(H,26,27)/t22-/m0/s1. The number of nitrogens with zero attached hydrogens (tertiary/aromatic N) is 3. The summed E-state index contributed by atoms with van der Waals surface area (Å²) in [7, 11) is 0. The van der Waals surface area contributed by atoms with Crippen molar-refractivity contribution in [1.29, 1.82) is 0 Å². The van der Waals surface area contributed by atoms with Gasteiger partial charge in [-0.1, -0.05) is 12.1 Å². The molecule has 3 aromatic rings. The lowest BCUT2D eigenvalue weighted by Gasteiger charge is -2.26. The molecule has 2 aromatic heterocycles. The topological polar surface area (TPSA) is 99.9 Å². The molecule has 1 atom stereocenters. The zero-order chi connectivity index (χ0) is 20.8. The molecule has 7 heteroatoms. The monoisotopic (exact) mass is 392 g/mol. The summed E-state index contributed by atoms with van der Waals surface area (Å²) in [6.45, 7) is 9.44. The SMILES string of the molecule is Cc1cccc2[nH]c(-c3cncc(C(=O)NC(C)C)c3N3CC[C@](C)(N)C3)nc12. The summed E-state index contributed by atoms with van der Waals surface area (Å²) in [5, 5.41) is 2.99. The number of carbonyl (C=O) groups is 1. The van der Waals surface area contributed by atoms with Crippen molar-refractivity contribution in [1.82, 2.24) is 20.3 Å². The van der Waals surface area contributed by atoms with Crippen LogP contribution in [0.2, 0.25) is 0 Å². The van der Waals surface area contributed by atoms with E-state index >= 15 is 0 Å². The molecule has 1 saturated heterocycles. The molecular formula is C22H28N6O. The molecule has 4 N–H and O–H groups in total. The zero-order valence-electron chi connectivity index (χ0n) is 17.4. The molecule has 3 heterocycles. The lowest BCUT2D eigenvalue weighted by atomic mass is 10.0. The van der Waals surface area contributed by atoms with Crippen LogP contribution in [0.5, 0.6) is 0 Å². The number of rotatable bonds is 4. The van der Waals surface area contributed by atoms with Gasteiger partial charge in [-0.3, -0.25) is 9.78 Å². The van der Waals surface area contributed by atoms with E-state index in [0.717, 1.165) is 40.8 Å². The highest BCUT2D eigenvalue weighted by atomic mass is 16.1. The number of aromatic nitrogens is 3. The Morgan fingerprint density at radius 1 is 1.34 bits per heavy atom. The van der Waals surface area contributed by atoms with Crippen LogP contribution in [-0.2, 0) is 0 Å². The molecule has 0 unspecified atom stereocenters. The number of nitrogens with two attached hydrogens (primary N) is 1. The minimum Gasteiger partial charge on any atom is -0.368 e. The van der Waals surface area contributed by atoms with Gasteiger partial charge in [0.2, 0.25) is 0 Å². The Hall–Kier alpha value is -2.93. The fourth-order valence-corrected chi connectivity index (χ4v) is 3.95. The molecule has 0 saturated carbocycles. The van der Waals surface area contributed by atoms with Gasteiger partial charge in [0.15, 0.2) is 0 Å². The quantitative estimate of drug-likeness (QED) is 0.634. The number of pyridine rings is 1. The number of carbonyl (C=O) groups excluding carboxylic acids is 1. The Kier molecular flexibility index (Phi) is 4.78. The van der Waals surface area contributed by atoms with Gasteiger partial charge < -0.3 is 20.9 Å². The molecular weight excluding hydrogens is 364 g/mol. The third-order valence-electron chi connectivity index (χ3n) is 5.37. The maximum absolute atomic E-state index is 13.0. The van der Waals surface area contributed by atoms with E-state index < -0.39 is 0 Å². The molecule has 1 fully saturated rings. The van der Waals surface area contributed by atoms with Gasteiger partial charge in [0, 0.05) is 37.1 Å². The summed E-state index contributed by atoms with van der Waals surface area (Å²) < 4.78 is 0. The van der Waals surface area contributed by atoms with Crippen LogP contribution in [0.1, 0.15) is 43.1 Å². The predicted molar refractivity (Wildman–Crippen MR) is 116 cm³/mol. The second kappa shape index (κ2) is 7.15. The molecule has 1 amide bonds. The second-order valence-electron chi connectivity index (χ2n) is 8.59. The van der Waals surface area contributed by atoms with Crippen molar-refractivity contribution >= 4 is 22.6 Å². The fraction of sp³-hybridized carbons (Fsp3) is 0.409.